The van der Waals surface area contributed by atoms with E-state index in [1.54, 1.807) is 0 Å². The van der Waals surface area contributed by atoms with E-state index in [2.05, 4.69) is 15.0 Å². The van der Waals surface area contributed by atoms with E-state index in [1.807, 2.05) is 6.92 Å². The van der Waals surface area contributed by atoms with Crippen molar-refractivity contribution < 1.29 is 14.2 Å². The summed E-state index contributed by atoms with van der Waals surface area (Å²) in [6, 6.07) is 0.346. The van der Waals surface area contributed by atoms with Crippen molar-refractivity contribution in [3.63, 3.8) is 0 Å². The molecule has 1 atom stereocenters. The molecule has 1 aliphatic rings. The highest BCUT2D eigenvalue weighted by Gasteiger charge is 2.17. The van der Waals surface area contributed by atoms with Crippen LogP contribution in [0.2, 0.25) is 5.28 Å². The van der Waals surface area contributed by atoms with Crippen molar-refractivity contribution in [2.24, 2.45) is 0 Å². The molecule has 6 nitrogen and oxygen atoms in total. The summed E-state index contributed by atoms with van der Waals surface area (Å²) >= 11 is 5.73. The van der Waals surface area contributed by atoms with Gasteiger partial charge in [-0.25, -0.2) is 0 Å². The van der Waals surface area contributed by atoms with E-state index in [0.717, 1.165) is 19.4 Å². The zero-order chi connectivity index (χ0) is 12.1. The lowest BCUT2D eigenvalue weighted by molar-refractivity contribution is 0.0640. The van der Waals surface area contributed by atoms with Crippen molar-refractivity contribution >= 4 is 11.6 Å². The van der Waals surface area contributed by atoms with Crippen LogP contribution in [-0.4, -0.2) is 40.9 Å². The summed E-state index contributed by atoms with van der Waals surface area (Å²) in [7, 11) is 0. The molecule has 0 bridgehead atoms. The summed E-state index contributed by atoms with van der Waals surface area (Å²) in [6.45, 7) is 3.51. The fourth-order valence-electron chi connectivity index (χ4n) is 1.52. The molecule has 94 valence electrons. The quantitative estimate of drug-likeness (QED) is 0.798. The molecular weight excluding hydrogens is 246 g/mol. The third-order valence-corrected chi connectivity index (χ3v) is 2.43. The molecular formula is C10H14ClN3O3. The van der Waals surface area contributed by atoms with E-state index in [4.69, 9.17) is 25.8 Å². The Morgan fingerprint density at radius 1 is 1.29 bits per heavy atom. The Kier molecular flexibility index (Phi) is 4.33. The van der Waals surface area contributed by atoms with Crippen LogP contribution in [-0.2, 0) is 4.74 Å². The van der Waals surface area contributed by atoms with Crippen LogP contribution in [0.5, 0.6) is 12.0 Å². The topological polar surface area (TPSA) is 66.4 Å². The minimum atomic E-state index is 0.0609. The maximum Gasteiger partial charge on any atom is 0.324 e. The minimum absolute atomic E-state index is 0.0609. The van der Waals surface area contributed by atoms with E-state index in [0.29, 0.717) is 13.2 Å². The average molecular weight is 260 g/mol. The number of halogens is 1. The molecule has 0 saturated carbocycles. The molecule has 17 heavy (non-hydrogen) atoms. The van der Waals surface area contributed by atoms with Gasteiger partial charge in [0.2, 0.25) is 5.28 Å². The monoisotopic (exact) mass is 259 g/mol. The lowest BCUT2D eigenvalue weighted by Crippen LogP contribution is -2.17. The first-order chi connectivity index (χ1) is 8.28. The number of hydrogen-bond acceptors (Lipinski definition) is 6. The Morgan fingerprint density at radius 2 is 2.06 bits per heavy atom. The summed E-state index contributed by atoms with van der Waals surface area (Å²) in [4.78, 5) is 11.7. The summed E-state index contributed by atoms with van der Waals surface area (Å²) < 4.78 is 16.0. The lowest BCUT2D eigenvalue weighted by Gasteiger charge is -2.10. The van der Waals surface area contributed by atoms with Gasteiger partial charge in [-0.1, -0.05) is 0 Å². The summed E-state index contributed by atoms with van der Waals surface area (Å²) in [5.74, 6) is 0. The van der Waals surface area contributed by atoms with Crippen molar-refractivity contribution in [2.75, 3.05) is 19.8 Å². The SMILES string of the molecule is CCOc1nc(Cl)nc(OCC2CCCO2)n1. The van der Waals surface area contributed by atoms with Crippen LogP contribution in [0.3, 0.4) is 0 Å². The predicted molar refractivity (Wildman–Crippen MR) is 60.5 cm³/mol. The summed E-state index contributed by atoms with van der Waals surface area (Å²) in [5, 5.41) is 0.0609. The first-order valence-corrected chi connectivity index (χ1v) is 5.94. The molecule has 0 spiro atoms. The van der Waals surface area contributed by atoms with E-state index in [1.165, 1.54) is 0 Å². The van der Waals surface area contributed by atoms with Crippen LogP contribution in [0.4, 0.5) is 0 Å². The van der Waals surface area contributed by atoms with E-state index in [-0.39, 0.29) is 23.4 Å². The number of aromatic nitrogens is 3. The molecule has 1 unspecified atom stereocenters. The van der Waals surface area contributed by atoms with Gasteiger partial charge in [0.25, 0.3) is 0 Å². The Hall–Kier alpha value is -1.14. The van der Waals surface area contributed by atoms with Crippen molar-refractivity contribution in [1.29, 1.82) is 0 Å². The van der Waals surface area contributed by atoms with Gasteiger partial charge in [0.05, 0.1) is 12.7 Å². The molecule has 0 aromatic carbocycles. The minimum Gasteiger partial charge on any atom is -0.464 e. The molecule has 2 heterocycles. The Balaban J connectivity index is 1.94. The summed E-state index contributed by atoms with van der Waals surface area (Å²) in [5.41, 5.74) is 0. The average Bonchev–Trinajstić information content (AvgIpc) is 2.79. The molecule has 2 rings (SSSR count). The second-order valence-electron chi connectivity index (χ2n) is 3.55. The van der Waals surface area contributed by atoms with Gasteiger partial charge in [-0.2, -0.15) is 9.97 Å². The van der Waals surface area contributed by atoms with Crippen LogP contribution >= 0.6 is 11.6 Å². The molecule has 1 aliphatic heterocycles. The number of rotatable bonds is 5. The van der Waals surface area contributed by atoms with Gasteiger partial charge in [0, 0.05) is 6.61 Å². The maximum atomic E-state index is 5.73. The van der Waals surface area contributed by atoms with Gasteiger partial charge in [0.1, 0.15) is 6.61 Å². The maximum absolute atomic E-state index is 5.73. The highest BCUT2D eigenvalue weighted by molar-refractivity contribution is 6.28. The number of nitrogens with zero attached hydrogens (tertiary/aromatic N) is 3. The van der Waals surface area contributed by atoms with Crippen LogP contribution in [0, 0.1) is 0 Å². The van der Waals surface area contributed by atoms with Crippen LogP contribution < -0.4 is 9.47 Å². The van der Waals surface area contributed by atoms with E-state index in [9.17, 15) is 0 Å². The molecule has 0 radical (unpaired) electrons. The normalized spacial score (nSPS) is 19.3. The highest BCUT2D eigenvalue weighted by atomic mass is 35.5. The van der Waals surface area contributed by atoms with Gasteiger partial charge in [-0.05, 0) is 31.4 Å². The molecule has 0 amide bonds. The summed E-state index contributed by atoms with van der Waals surface area (Å²) in [6.07, 6.45) is 2.17. The number of hydrogen-bond donors (Lipinski definition) is 0. The fourth-order valence-corrected chi connectivity index (χ4v) is 1.66. The molecule has 1 aromatic heterocycles. The zero-order valence-electron chi connectivity index (χ0n) is 9.56. The largest absolute Gasteiger partial charge is 0.464 e. The van der Waals surface area contributed by atoms with Crippen molar-refractivity contribution in [3.05, 3.63) is 5.28 Å². The first-order valence-electron chi connectivity index (χ1n) is 5.56. The second-order valence-corrected chi connectivity index (χ2v) is 3.89. The molecule has 0 N–H and O–H groups in total. The molecule has 7 heteroatoms. The molecule has 0 aliphatic carbocycles. The van der Waals surface area contributed by atoms with Gasteiger partial charge < -0.3 is 14.2 Å². The van der Waals surface area contributed by atoms with Crippen LogP contribution in [0.15, 0.2) is 0 Å². The van der Waals surface area contributed by atoms with Gasteiger partial charge >= 0.3 is 12.0 Å². The van der Waals surface area contributed by atoms with Crippen molar-refractivity contribution in [2.45, 2.75) is 25.9 Å². The lowest BCUT2D eigenvalue weighted by atomic mass is 10.2. The van der Waals surface area contributed by atoms with Crippen LogP contribution in [0.25, 0.3) is 0 Å². The van der Waals surface area contributed by atoms with Crippen LogP contribution in [0.1, 0.15) is 19.8 Å². The second kappa shape index (κ2) is 5.97. The zero-order valence-corrected chi connectivity index (χ0v) is 10.3. The van der Waals surface area contributed by atoms with Gasteiger partial charge in [-0.3, -0.25) is 0 Å². The first kappa shape index (κ1) is 12.3. The van der Waals surface area contributed by atoms with Crippen molar-refractivity contribution in [3.8, 4) is 12.0 Å². The predicted octanol–water partition coefficient (Wildman–Crippen LogP) is 1.48. The highest BCUT2D eigenvalue weighted by Crippen LogP contribution is 2.16. The molecule has 1 fully saturated rings. The Bertz CT molecular complexity index is 372. The van der Waals surface area contributed by atoms with Gasteiger partial charge in [-0.15, -0.1) is 4.98 Å². The number of ether oxygens (including phenoxy) is 3. The van der Waals surface area contributed by atoms with Crippen molar-refractivity contribution in [1.82, 2.24) is 15.0 Å². The van der Waals surface area contributed by atoms with Gasteiger partial charge in [0.15, 0.2) is 0 Å². The van der Waals surface area contributed by atoms with E-state index < -0.39 is 0 Å². The Labute approximate surface area is 104 Å². The Morgan fingerprint density at radius 3 is 2.71 bits per heavy atom. The molecule has 1 aromatic rings. The smallest absolute Gasteiger partial charge is 0.324 e. The van der Waals surface area contributed by atoms with E-state index >= 15 is 0 Å². The fraction of sp³-hybridized carbons (Fsp3) is 0.700. The standard InChI is InChI=1S/C10H14ClN3O3/c1-2-15-9-12-8(11)13-10(14-9)17-6-7-4-3-5-16-7/h7H,2-6H2,1H3. The third-order valence-electron chi connectivity index (χ3n) is 2.26. The third kappa shape index (κ3) is 3.67. The molecule has 1 saturated heterocycles.